The van der Waals surface area contributed by atoms with E-state index in [1.165, 1.54) is 23.4 Å². The molecular weight excluding hydrogens is 378 g/mol. The zero-order chi connectivity index (χ0) is 20.7. The molecule has 1 aromatic heterocycles. The first-order valence-corrected chi connectivity index (χ1v) is 9.34. The van der Waals surface area contributed by atoms with Gasteiger partial charge in [0.2, 0.25) is 0 Å². The van der Waals surface area contributed by atoms with Gasteiger partial charge in [-0.1, -0.05) is 36.4 Å². The minimum absolute atomic E-state index is 0.0143. The molecule has 1 heterocycles. The van der Waals surface area contributed by atoms with Gasteiger partial charge in [-0.05, 0) is 18.6 Å². The zero-order valence-electron chi connectivity index (χ0n) is 16.1. The summed E-state index contributed by atoms with van der Waals surface area (Å²) in [6.07, 6.45) is 2.76. The minimum atomic E-state index is -1.68. The van der Waals surface area contributed by atoms with Gasteiger partial charge in [0.15, 0.2) is 0 Å². The molecule has 0 fully saturated rings. The van der Waals surface area contributed by atoms with Crippen LogP contribution in [0.25, 0.3) is 0 Å². The smallest absolute Gasteiger partial charge is 0.137 e. The number of halogens is 2. The number of aliphatic hydroxyl groups is 1. The first kappa shape index (κ1) is 21.0. The molecular formula is C21H24F2N4O2. The maximum absolute atomic E-state index is 14.5. The van der Waals surface area contributed by atoms with Gasteiger partial charge in [-0.3, -0.25) is 0 Å². The Labute approximate surface area is 168 Å². The highest BCUT2D eigenvalue weighted by atomic mass is 19.1. The van der Waals surface area contributed by atoms with Crippen LogP contribution in [-0.2, 0) is 23.5 Å². The molecule has 3 rings (SSSR count). The number of ether oxygens (including phenoxy) is 1. The Hall–Kier alpha value is -2.68. The predicted octanol–water partition coefficient (Wildman–Crippen LogP) is 2.64. The summed E-state index contributed by atoms with van der Waals surface area (Å²) in [6, 6.07) is 12.3. The van der Waals surface area contributed by atoms with E-state index in [9.17, 15) is 13.9 Å². The largest absolute Gasteiger partial charge is 0.381 e. The van der Waals surface area contributed by atoms with Gasteiger partial charge in [0.1, 0.15) is 29.9 Å². The fraction of sp³-hybridized carbons (Fsp3) is 0.333. The molecule has 29 heavy (non-hydrogen) atoms. The van der Waals surface area contributed by atoms with Gasteiger partial charge < -0.3 is 15.2 Å². The molecule has 0 aliphatic heterocycles. The quantitative estimate of drug-likeness (QED) is 0.510. The number of hydrogen-bond acceptors (Lipinski definition) is 5. The molecule has 6 nitrogen and oxygen atoms in total. The fourth-order valence-corrected chi connectivity index (χ4v) is 3.14. The molecule has 0 amide bonds. The molecule has 154 valence electrons. The standard InChI is InChI=1S/C21H24F2N4O2/c1-16(25-9-10-29-12-17-5-3-2-4-6-17)21(28,13-27-15-24-14-26-27)19-8-7-18(22)11-20(19)23/h2-8,11,14-16,25,28H,9-10,12-13H2,1H3. The Morgan fingerprint density at radius 2 is 2.00 bits per heavy atom. The van der Waals surface area contributed by atoms with Crippen molar-refractivity contribution in [1.82, 2.24) is 20.1 Å². The monoisotopic (exact) mass is 402 g/mol. The van der Waals surface area contributed by atoms with E-state index in [1.807, 2.05) is 30.3 Å². The highest BCUT2D eigenvalue weighted by molar-refractivity contribution is 5.27. The molecule has 2 atom stereocenters. The summed E-state index contributed by atoms with van der Waals surface area (Å²) in [5.41, 5.74) is -0.624. The van der Waals surface area contributed by atoms with Crippen LogP contribution in [0.4, 0.5) is 8.78 Å². The van der Waals surface area contributed by atoms with E-state index < -0.39 is 23.3 Å². The molecule has 0 spiro atoms. The van der Waals surface area contributed by atoms with Crippen LogP contribution in [0.2, 0.25) is 0 Å². The summed E-state index contributed by atoms with van der Waals surface area (Å²) in [6.45, 7) is 3.01. The van der Waals surface area contributed by atoms with E-state index in [4.69, 9.17) is 4.74 Å². The third kappa shape index (κ3) is 5.44. The van der Waals surface area contributed by atoms with Crippen molar-refractivity contribution in [2.45, 2.75) is 31.7 Å². The highest BCUT2D eigenvalue weighted by Gasteiger charge is 2.38. The summed E-state index contributed by atoms with van der Waals surface area (Å²) in [5, 5.41) is 18.5. The van der Waals surface area contributed by atoms with E-state index in [0.29, 0.717) is 19.8 Å². The maximum Gasteiger partial charge on any atom is 0.137 e. The van der Waals surface area contributed by atoms with Crippen molar-refractivity contribution in [2.75, 3.05) is 13.2 Å². The van der Waals surface area contributed by atoms with E-state index >= 15 is 0 Å². The van der Waals surface area contributed by atoms with Crippen LogP contribution in [-0.4, -0.2) is 39.1 Å². The summed E-state index contributed by atoms with van der Waals surface area (Å²) in [7, 11) is 0. The van der Waals surface area contributed by atoms with Crippen molar-refractivity contribution in [1.29, 1.82) is 0 Å². The van der Waals surface area contributed by atoms with Gasteiger partial charge in [-0.25, -0.2) is 18.4 Å². The summed E-state index contributed by atoms with van der Waals surface area (Å²) < 4.78 is 34.9. The number of nitrogens with zero attached hydrogens (tertiary/aromatic N) is 3. The lowest BCUT2D eigenvalue weighted by atomic mass is 9.86. The molecule has 0 radical (unpaired) electrons. The second kappa shape index (κ2) is 9.69. The number of hydrogen-bond donors (Lipinski definition) is 2. The van der Waals surface area contributed by atoms with Crippen LogP contribution in [0, 0.1) is 11.6 Å². The minimum Gasteiger partial charge on any atom is -0.381 e. The molecule has 0 bridgehead atoms. The number of rotatable bonds is 10. The number of nitrogens with one attached hydrogen (secondary N) is 1. The lowest BCUT2D eigenvalue weighted by molar-refractivity contribution is -0.0222. The second-order valence-electron chi connectivity index (χ2n) is 6.86. The molecule has 0 saturated heterocycles. The molecule has 0 aliphatic rings. The van der Waals surface area contributed by atoms with Gasteiger partial charge in [0.05, 0.1) is 19.8 Å². The Morgan fingerprint density at radius 3 is 2.69 bits per heavy atom. The summed E-state index contributed by atoms with van der Waals surface area (Å²) >= 11 is 0. The normalized spacial score (nSPS) is 14.5. The van der Waals surface area contributed by atoms with Crippen LogP contribution >= 0.6 is 0 Å². The number of aromatic nitrogens is 3. The third-order valence-corrected chi connectivity index (χ3v) is 4.79. The maximum atomic E-state index is 14.5. The van der Waals surface area contributed by atoms with Crippen molar-refractivity contribution < 1.29 is 18.6 Å². The summed E-state index contributed by atoms with van der Waals surface area (Å²) in [5.74, 6) is -1.52. The van der Waals surface area contributed by atoms with Crippen LogP contribution in [0.15, 0.2) is 61.2 Å². The van der Waals surface area contributed by atoms with Gasteiger partial charge in [-0.2, -0.15) is 5.10 Å². The first-order valence-electron chi connectivity index (χ1n) is 9.34. The highest BCUT2D eigenvalue weighted by Crippen LogP contribution is 2.30. The second-order valence-corrected chi connectivity index (χ2v) is 6.86. The molecule has 8 heteroatoms. The molecule has 2 N–H and O–H groups in total. The van der Waals surface area contributed by atoms with Crippen LogP contribution in [0.5, 0.6) is 0 Å². The molecule has 2 unspecified atom stereocenters. The van der Waals surface area contributed by atoms with Crippen molar-refractivity contribution in [3.05, 3.63) is 83.9 Å². The lowest BCUT2D eigenvalue weighted by Gasteiger charge is -2.35. The first-order chi connectivity index (χ1) is 14.0. The Morgan fingerprint density at radius 1 is 1.21 bits per heavy atom. The van der Waals surface area contributed by atoms with Gasteiger partial charge in [0.25, 0.3) is 0 Å². The average Bonchev–Trinajstić information content (AvgIpc) is 3.21. The Bertz CT molecular complexity index is 893. The number of benzene rings is 2. The van der Waals surface area contributed by atoms with E-state index in [1.54, 1.807) is 6.92 Å². The average molecular weight is 402 g/mol. The molecule has 3 aromatic rings. The topological polar surface area (TPSA) is 72.2 Å². The van der Waals surface area contributed by atoms with Gasteiger partial charge >= 0.3 is 0 Å². The summed E-state index contributed by atoms with van der Waals surface area (Å²) in [4.78, 5) is 3.86. The van der Waals surface area contributed by atoms with E-state index in [-0.39, 0.29) is 12.1 Å². The van der Waals surface area contributed by atoms with Crippen molar-refractivity contribution in [3.63, 3.8) is 0 Å². The Balaban J connectivity index is 1.65. The van der Waals surface area contributed by atoms with Crippen LogP contribution < -0.4 is 5.32 Å². The van der Waals surface area contributed by atoms with E-state index in [2.05, 4.69) is 15.4 Å². The van der Waals surface area contributed by atoms with Crippen LogP contribution in [0.3, 0.4) is 0 Å². The fourth-order valence-electron chi connectivity index (χ4n) is 3.14. The molecule has 0 aliphatic carbocycles. The SMILES string of the molecule is CC(NCCOCc1ccccc1)C(O)(Cn1cncn1)c1ccc(F)cc1F. The van der Waals surface area contributed by atoms with E-state index in [0.717, 1.165) is 17.7 Å². The van der Waals surface area contributed by atoms with Crippen molar-refractivity contribution in [3.8, 4) is 0 Å². The third-order valence-electron chi connectivity index (χ3n) is 4.79. The van der Waals surface area contributed by atoms with Gasteiger partial charge in [-0.15, -0.1) is 0 Å². The molecule has 2 aromatic carbocycles. The van der Waals surface area contributed by atoms with Crippen molar-refractivity contribution >= 4 is 0 Å². The lowest BCUT2D eigenvalue weighted by Crippen LogP contribution is -2.50. The zero-order valence-corrected chi connectivity index (χ0v) is 16.1. The predicted molar refractivity (Wildman–Crippen MR) is 104 cm³/mol. The molecule has 0 saturated carbocycles. The van der Waals surface area contributed by atoms with Crippen molar-refractivity contribution in [2.24, 2.45) is 0 Å². The Kier molecular flexibility index (Phi) is 7.03. The van der Waals surface area contributed by atoms with Crippen LogP contribution in [0.1, 0.15) is 18.1 Å². The van der Waals surface area contributed by atoms with Gasteiger partial charge in [0, 0.05) is 24.2 Å².